The minimum absolute atomic E-state index is 0.0187. The molecule has 0 aromatic heterocycles. The van der Waals surface area contributed by atoms with Crippen LogP contribution in [0.3, 0.4) is 0 Å². The Balaban J connectivity index is 2.52. The predicted molar refractivity (Wildman–Crippen MR) is 87.8 cm³/mol. The molecule has 0 aliphatic rings. The van der Waals surface area contributed by atoms with Crippen LogP contribution in [0.2, 0.25) is 0 Å². The van der Waals surface area contributed by atoms with Gasteiger partial charge in [-0.3, -0.25) is 10.1 Å². The van der Waals surface area contributed by atoms with Gasteiger partial charge in [0.05, 0.1) is 0 Å². The molecular formula is C17H26N2O3. The van der Waals surface area contributed by atoms with E-state index in [4.69, 9.17) is 4.74 Å². The molecule has 1 aromatic rings. The van der Waals surface area contributed by atoms with Crippen molar-refractivity contribution in [1.29, 1.82) is 0 Å². The first-order valence-corrected chi connectivity index (χ1v) is 7.64. The van der Waals surface area contributed by atoms with E-state index in [-0.39, 0.29) is 18.4 Å². The smallest absolute Gasteiger partial charge is 0.414 e. The Bertz CT molecular complexity index is 480. The lowest BCUT2D eigenvalue weighted by molar-refractivity contribution is -0.121. The molecule has 0 heterocycles. The molecule has 122 valence electrons. The summed E-state index contributed by atoms with van der Waals surface area (Å²) in [6, 6.07) is 9.70. The Morgan fingerprint density at radius 2 is 1.82 bits per heavy atom. The van der Waals surface area contributed by atoms with Gasteiger partial charge in [0.15, 0.2) is 0 Å². The number of rotatable bonds is 6. The quantitative estimate of drug-likeness (QED) is 0.840. The van der Waals surface area contributed by atoms with Crippen molar-refractivity contribution in [2.75, 3.05) is 5.32 Å². The van der Waals surface area contributed by atoms with E-state index in [0.29, 0.717) is 0 Å². The molecule has 2 N–H and O–H groups in total. The lowest BCUT2D eigenvalue weighted by Gasteiger charge is -2.21. The van der Waals surface area contributed by atoms with Gasteiger partial charge in [-0.05, 0) is 39.3 Å². The van der Waals surface area contributed by atoms with Crippen LogP contribution in [0, 0.1) is 0 Å². The minimum Gasteiger partial charge on any atom is -0.444 e. The Labute approximate surface area is 132 Å². The highest BCUT2D eigenvalue weighted by atomic mass is 16.6. The summed E-state index contributed by atoms with van der Waals surface area (Å²) >= 11 is 0. The number of ether oxygens (including phenoxy) is 1. The van der Waals surface area contributed by atoms with E-state index in [0.717, 1.165) is 18.5 Å². The molecule has 0 unspecified atom stereocenters. The lowest BCUT2D eigenvalue weighted by Crippen LogP contribution is -2.38. The summed E-state index contributed by atoms with van der Waals surface area (Å²) in [5, 5.41) is 5.59. The molecule has 0 spiro atoms. The van der Waals surface area contributed by atoms with Crippen LogP contribution >= 0.6 is 0 Å². The maximum atomic E-state index is 12.0. The minimum atomic E-state index is -0.701. The molecule has 0 saturated heterocycles. The second-order valence-electron chi connectivity index (χ2n) is 6.25. The number of hydrogen-bond acceptors (Lipinski definition) is 4. The highest BCUT2D eigenvalue weighted by Gasteiger charge is 2.20. The van der Waals surface area contributed by atoms with Gasteiger partial charge in [0.1, 0.15) is 5.60 Å². The van der Waals surface area contributed by atoms with Crippen molar-refractivity contribution in [2.24, 2.45) is 0 Å². The van der Waals surface area contributed by atoms with Crippen LogP contribution < -0.4 is 10.6 Å². The van der Waals surface area contributed by atoms with E-state index in [1.807, 2.05) is 30.3 Å². The van der Waals surface area contributed by atoms with Crippen molar-refractivity contribution in [3.05, 3.63) is 30.3 Å². The van der Waals surface area contributed by atoms with Gasteiger partial charge in [-0.25, -0.2) is 4.79 Å². The molecule has 0 aliphatic carbocycles. The first kappa shape index (κ1) is 18.0. The second kappa shape index (κ2) is 8.41. The number of para-hydroxylation sites is 1. The highest BCUT2D eigenvalue weighted by Crippen LogP contribution is 2.13. The summed E-state index contributed by atoms with van der Waals surface area (Å²) in [5.41, 5.74) is 0.348. The molecule has 5 heteroatoms. The standard InChI is InChI=1S/C17H26N2O3/c1-5-9-14(18-13-10-7-6-8-11-13)12-15(20)19-16(21)22-17(2,3)4/h6-8,10-11,14,18H,5,9,12H2,1-4H3,(H,19,20,21)/t14-/m1/s1. The zero-order valence-electron chi connectivity index (χ0n) is 13.8. The third-order valence-electron chi connectivity index (χ3n) is 2.85. The van der Waals surface area contributed by atoms with Gasteiger partial charge in [-0.1, -0.05) is 31.5 Å². The number of hydrogen-bond donors (Lipinski definition) is 2. The molecule has 5 nitrogen and oxygen atoms in total. The van der Waals surface area contributed by atoms with E-state index in [2.05, 4.69) is 17.6 Å². The van der Waals surface area contributed by atoms with Crippen LogP contribution in [0.5, 0.6) is 0 Å². The van der Waals surface area contributed by atoms with Crippen molar-refractivity contribution in [3.63, 3.8) is 0 Å². The Kier molecular flexibility index (Phi) is 6.89. The van der Waals surface area contributed by atoms with Crippen LogP contribution in [0.15, 0.2) is 30.3 Å². The van der Waals surface area contributed by atoms with Gasteiger partial charge in [0.25, 0.3) is 0 Å². The summed E-state index contributed by atoms with van der Waals surface area (Å²) in [4.78, 5) is 23.6. The molecule has 0 fully saturated rings. The second-order valence-corrected chi connectivity index (χ2v) is 6.25. The van der Waals surface area contributed by atoms with Gasteiger partial charge < -0.3 is 10.1 Å². The van der Waals surface area contributed by atoms with Crippen molar-refractivity contribution < 1.29 is 14.3 Å². The number of carbonyl (C=O) groups excluding carboxylic acids is 2. The number of anilines is 1. The number of nitrogens with one attached hydrogen (secondary N) is 2. The van der Waals surface area contributed by atoms with Crippen LogP contribution in [0.4, 0.5) is 10.5 Å². The van der Waals surface area contributed by atoms with E-state index >= 15 is 0 Å². The molecule has 1 aromatic carbocycles. The third kappa shape index (κ3) is 7.67. The van der Waals surface area contributed by atoms with Crippen LogP contribution in [0.1, 0.15) is 47.0 Å². The van der Waals surface area contributed by atoms with Crippen molar-refractivity contribution in [2.45, 2.75) is 58.6 Å². The highest BCUT2D eigenvalue weighted by molar-refractivity contribution is 5.92. The predicted octanol–water partition coefficient (Wildman–Crippen LogP) is 3.71. The average Bonchev–Trinajstić information content (AvgIpc) is 2.37. The third-order valence-corrected chi connectivity index (χ3v) is 2.85. The molecule has 0 bridgehead atoms. The molecule has 1 atom stereocenters. The van der Waals surface area contributed by atoms with Gasteiger partial charge >= 0.3 is 6.09 Å². The van der Waals surface area contributed by atoms with E-state index in [1.54, 1.807) is 20.8 Å². The number of alkyl carbamates (subject to hydrolysis) is 1. The number of amides is 2. The fourth-order valence-corrected chi connectivity index (χ4v) is 2.04. The topological polar surface area (TPSA) is 67.4 Å². The number of carbonyl (C=O) groups is 2. The molecule has 0 aliphatic heterocycles. The van der Waals surface area contributed by atoms with Crippen LogP contribution in [-0.2, 0) is 9.53 Å². The van der Waals surface area contributed by atoms with Crippen LogP contribution in [0.25, 0.3) is 0 Å². The summed E-state index contributed by atoms with van der Waals surface area (Å²) in [6.07, 6.45) is 1.32. The lowest BCUT2D eigenvalue weighted by atomic mass is 10.1. The van der Waals surface area contributed by atoms with Crippen LogP contribution in [-0.4, -0.2) is 23.6 Å². The zero-order chi connectivity index (χ0) is 16.6. The van der Waals surface area contributed by atoms with E-state index < -0.39 is 11.7 Å². The molecule has 2 amide bonds. The van der Waals surface area contributed by atoms with Gasteiger partial charge in [-0.2, -0.15) is 0 Å². The van der Waals surface area contributed by atoms with E-state index in [9.17, 15) is 9.59 Å². The molecule has 0 saturated carbocycles. The van der Waals surface area contributed by atoms with Gasteiger partial charge in [0.2, 0.25) is 5.91 Å². The fourth-order valence-electron chi connectivity index (χ4n) is 2.04. The summed E-state index contributed by atoms with van der Waals surface area (Å²) in [7, 11) is 0. The largest absolute Gasteiger partial charge is 0.444 e. The monoisotopic (exact) mass is 306 g/mol. The Morgan fingerprint density at radius 3 is 2.36 bits per heavy atom. The number of benzene rings is 1. The van der Waals surface area contributed by atoms with Gasteiger partial charge in [-0.15, -0.1) is 0 Å². The maximum Gasteiger partial charge on any atom is 0.414 e. The molecule has 0 radical (unpaired) electrons. The molecular weight excluding hydrogens is 280 g/mol. The first-order valence-electron chi connectivity index (χ1n) is 7.64. The summed E-state index contributed by atoms with van der Waals surface area (Å²) < 4.78 is 5.08. The zero-order valence-corrected chi connectivity index (χ0v) is 13.8. The summed E-state index contributed by atoms with van der Waals surface area (Å²) in [5.74, 6) is -0.337. The fraction of sp³-hybridized carbons (Fsp3) is 0.529. The first-order chi connectivity index (χ1) is 10.3. The SMILES string of the molecule is CCC[C@H](CC(=O)NC(=O)OC(C)(C)C)Nc1ccccc1. The molecule has 22 heavy (non-hydrogen) atoms. The normalized spacial score (nSPS) is 12.4. The van der Waals surface area contributed by atoms with Crippen molar-refractivity contribution in [3.8, 4) is 0 Å². The maximum absolute atomic E-state index is 12.0. The van der Waals surface area contributed by atoms with Gasteiger partial charge in [0, 0.05) is 18.2 Å². The average molecular weight is 306 g/mol. The van der Waals surface area contributed by atoms with E-state index in [1.165, 1.54) is 0 Å². The summed E-state index contributed by atoms with van der Waals surface area (Å²) in [6.45, 7) is 7.33. The number of imide groups is 1. The van der Waals surface area contributed by atoms with Crippen molar-refractivity contribution in [1.82, 2.24) is 5.32 Å². The Hall–Kier alpha value is -2.04. The van der Waals surface area contributed by atoms with Crippen molar-refractivity contribution >= 4 is 17.7 Å². The Morgan fingerprint density at radius 1 is 1.18 bits per heavy atom. The molecule has 1 rings (SSSR count).